The minimum atomic E-state index is -0.169. The number of nitrogens with zero attached hydrogens (tertiary/aromatic N) is 1. The molecule has 0 spiro atoms. The van der Waals surface area contributed by atoms with Crippen molar-refractivity contribution in [2.24, 2.45) is 5.73 Å². The Labute approximate surface area is 104 Å². The van der Waals surface area contributed by atoms with Crippen molar-refractivity contribution >= 4 is 5.91 Å². The molecule has 2 aliphatic heterocycles. The van der Waals surface area contributed by atoms with E-state index in [1.54, 1.807) is 0 Å². The quantitative estimate of drug-likeness (QED) is 0.748. The Morgan fingerprint density at radius 1 is 1.41 bits per heavy atom. The Balaban J connectivity index is 2.09. The molecule has 2 atom stereocenters. The van der Waals surface area contributed by atoms with E-state index in [1.807, 2.05) is 0 Å². The lowest BCUT2D eigenvalue weighted by Gasteiger charge is -2.45. The summed E-state index contributed by atoms with van der Waals surface area (Å²) in [7, 11) is 2.22. The molecule has 2 rings (SSSR count). The minimum absolute atomic E-state index is 0.0276. The highest BCUT2D eigenvalue weighted by Crippen LogP contribution is 2.41. The largest absolute Gasteiger partial charge is 0.370 e. The molecule has 0 aliphatic carbocycles. The third kappa shape index (κ3) is 2.63. The summed E-state index contributed by atoms with van der Waals surface area (Å²) in [6.07, 6.45) is 6.29. The van der Waals surface area contributed by atoms with Crippen molar-refractivity contribution in [1.29, 1.82) is 0 Å². The summed E-state index contributed by atoms with van der Waals surface area (Å²) in [4.78, 5) is 13.8. The highest BCUT2D eigenvalue weighted by atomic mass is 16.1. The molecule has 0 aromatic heterocycles. The Hall–Kier alpha value is -0.610. The molecule has 0 saturated carbocycles. The predicted octanol–water partition coefficient (Wildman–Crippen LogP) is 0.857. The zero-order valence-corrected chi connectivity index (χ0v) is 11.0. The van der Waals surface area contributed by atoms with Gasteiger partial charge in [-0.05, 0) is 45.7 Å². The van der Waals surface area contributed by atoms with Gasteiger partial charge in [0.25, 0.3) is 0 Å². The standard InChI is InChI=1S/C13H25N3O/c1-3-6-15-13(9-12(14)17)7-10-4-5-11(8-13)16(10)2/h10-11,15H,3-9H2,1-2H3,(H2,14,17). The average molecular weight is 239 g/mol. The van der Waals surface area contributed by atoms with Gasteiger partial charge >= 0.3 is 0 Å². The van der Waals surface area contributed by atoms with E-state index in [4.69, 9.17) is 5.73 Å². The fraction of sp³-hybridized carbons (Fsp3) is 0.923. The molecule has 2 unspecified atom stereocenters. The number of hydrogen-bond donors (Lipinski definition) is 2. The van der Waals surface area contributed by atoms with Crippen LogP contribution < -0.4 is 11.1 Å². The van der Waals surface area contributed by atoms with Crippen LogP contribution in [0.3, 0.4) is 0 Å². The fourth-order valence-corrected chi connectivity index (χ4v) is 3.64. The van der Waals surface area contributed by atoms with Gasteiger partial charge < -0.3 is 16.0 Å². The van der Waals surface area contributed by atoms with Gasteiger partial charge in [-0.3, -0.25) is 4.79 Å². The molecule has 0 aromatic carbocycles. The first-order valence-electron chi connectivity index (χ1n) is 6.81. The summed E-state index contributed by atoms with van der Waals surface area (Å²) < 4.78 is 0. The highest BCUT2D eigenvalue weighted by molar-refractivity contribution is 5.75. The summed E-state index contributed by atoms with van der Waals surface area (Å²) in [5.41, 5.74) is 5.41. The van der Waals surface area contributed by atoms with Crippen molar-refractivity contribution in [3.63, 3.8) is 0 Å². The van der Waals surface area contributed by atoms with Gasteiger partial charge in [-0.1, -0.05) is 6.92 Å². The average Bonchev–Trinajstić information content (AvgIpc) is 2.51. The van der Waals surface area contributed by atoms with E-state index in [-0.39, 0.29) is 11.4 Å². The van der Waals surface area contributed by atoms with E-state index in [0.29, 0.717) is 18.5 Å². The zero-order valence-electron chi connectivity index (χ0n) is 11.0. The number of piperidine rings is 1. The summed E-state index contributed by atoms with van der Waals surface area (Å²) >= 11 is 0. The van der Waals surface area contributed by atoms with E-state index in [9.17, 15) is 4.79 Å². The fourth-order valence-electron chi connectivity index (χ4n) is 3.64. The summed E-state index contributed by atoms with van der Waals surface area (Å²) in [6.45, 7) is 3.14. The molecule has 98 valence electrons. The van der Waals surface area contributed by atoms with Gasteiger partial charge in [-0.2, -0.15) is 0 Å². The topological polar surface area (TPSA) is 58.4 Å². The van der Waals surface area contributed by atoms with Crippen molar-refractivity contribution in [2.45, 2.75) is 63.1 Å². The van der Waals surface area contributed by atoms with E-state index in [2.05, 4.69) is 24.2 Å². The van der Waals surface area contributed by atoms with Crippen LogP contribution in [0.4, 0.5) is 0 Å². The van der Waals surface area contributed by atoms with E-state index in [1.165, 1.54) is 12.8 Å². The number of fused-ring (bicyclic) bond motifs is 2. The maximum Gasteiger partial charge on any atom is 0.219 e. The smallest absolute Gasteiger partial charge is 0.219 e. The van der Waals surface area contributed by atoms with Gasteiger partial charge in [0.2, 0.25) is 5.91 Å². The molecule has 2 saturated heterocycles. The van der Waals surface area contributed by atoms with Crippen LogP contribution in [-0.4, -0.2) is 42.0 Å². The molecular weight excluding hydrogens is 214 g/mol. The van der Waals surface area contributed by atoms with Crippen molar-refractivity contribution in [3.8, 4) is 0 Å². The summed E-state index contributed by atoms with van der Waals surface area (Å²) in [6, 6.07) is 1.27. The van der Waals surface area contributed by atoms with Crippen molar-refractivity contribution in [1.82, 2.24) is 10.2 Å². The first kappa shape index (κ1) is 12.8. The molecule has 2 heterocycles. The maximum absolute atomic E-state index is 11.3. The monoisotopic (exact) mass is 239 g/mol. The van der Waals surface area contributed by atoms with Gasteiger partial charge in [0.1, 0.15) is 0 Å². The lowest BCUT2D eigenvalue weighted by Crippen LogP contribution is -2.58. The molecular formula is C13H25N3O. The first-order chi connectivity index (χ1) is 8.06. The maximum atomic E-state index is 11.3. The van der Waals surface area contributed by atoms with Crippen molar-refractivity contribution < 1.29 is 4.79 Å². The molecule has 0 aromatic rings. The number of carbonyl (C=O) groups excluding carboxylic acids is 1. The predicted molar refractivity (Wildman–Crippen MR) is 68.6 cm³/mol. The Morgan fingerprint density at radius 3 is 2.47 bits per heavy atom. The van der Waals surface area contributed by atoms with Gasteiger partial charge in [-0.15, -0.1) is 0 Å². The number of amides is 1. The summed E-state index contributed by atoms with van der Waals surface area (Å²) in [5, 5.41) is 3.61. The molecule has 2 aliphatic rings. The number of nitrogens with one attached hydrogen (secondary N) is 1. The second-order valence-corrected chi connectivity index (χ2v) is 5.81. The molecule has 3 N–H and O–H groups in total. The number of rotatable bonds is 5. The second kappa shape index (κ2) is 4.94. The highest BCUT2D eigenvalue weighted by Gasteiger charge is 2.47. The van der Waals surface area contributed by atoms with Crippen molar-refractivity contribution in [2.75, 3.05) is 13.6 Å². The van der Waals surface area contributed by atoms with Crippen LogP contribution in [-0.2, 0) is 4.79 Å². The third-order valence-electron chi connectivity index (χ3n) is 4.50. The Bertz CT molecular complexity index is 278. The third-order valence-corrected chi connectivity index (χ3v) is 4.50. The molecule has 17 heavy (non-hydrogen) atoms. The number of carbonyl (C=O) groups is 1. The van der Waals surface area contributed by atoms with Crippen LogP contribution in [0.5, 0.6) is 0 Å². The Morgan fingerprint density at radius 2 is 2.00 bits per heavy atom. The molecule has 4 heteroatoms. The number of nitrogens with two attached hydrogens (primary N) is 1. The van der Waals surface area contributed by atoms with E-state index in [0.717, 1.165) is 25.8 Å². The van der Waals surface area contributed by atoms with Gasteiger partial charge in [0.15, 0.2) is 0 Å². The summed E-state index contributed by atoms with van der Waals surface area (Å²) in [5.74, 6) is -0.169. The lowest BCUT2D eigenvalue weighted by molar-refractivity contribution is -0.120. The van der Waals surface area contributed by atoms with E-state index >= 15 is 0 Å². The molecule has 2 fully saturated rings. The van der Waals surface area contributed by atoms with Crippen LogP contribution in [0, 0.1) is 0 Å². The molecule has 1 amide bonds. The van der Waals surface area contributed by atoms with Gasteiger partial charge in [0, 0.05) is 24.0 Å². The second-order valence-electron chi connectivity index (χ2n) is 5.81. The van der Waals surface area contributed by atoms with Crippen LogP contribution in [0.2, 0.25) is 0 Å². The molecule has 4 nitrogen and oxygen atoms in total. The Kier molecular flexibility index (Phi) is 3.73. The number of hydrogen-bond acceptors (Lipinski definition) is 3. The minimum Gasteiger partial charge on any atom is -0.370 e. The zero-order chi connectivity index (χ0) is 12.5. The van der Waals surface area contributed by atoms with Crippen molar-refractivity contribution in [3.05, 3.63) is 0 Å². The first-order valence-corrected chi connectivity index (χ1v) is 6.81. The van der Waals surface area contributed by atoms with Crippen LogP contribution >= 0.6 is 0 Å². The van der Waals surface area contributed by atoms with Crippen LogP contribution in [0.15, 0.2) is 0 Å². The van der Waals surface area contributed by atoms with Gasteiger partial charge in [-0.25, -0.2) is 0 Å². The van der Waals surface area contributed by atoms with Gasteiger partial charge in [0.05, 0.1) is 0 Å². The van der Waals surface area contributed by atoms with Crippen LogP contribution in [0.1, 0.15) is 45.4 Å². The SMILES string of the molecule is CCCNC1(CC(N)=O)CC2CCC(C1)N2C. The molecule has 2 bridgehead atoms. The normalized spacial score (nSPS) is 37.3. The van der Waals surface area contributed by atoms with E-state index < -0.39 is 0 Å². The van der Waals surface area contributed by atoms with Crippen LogP contribution in [0.25, 0.3) is 0 Å². The molecule has 0 radical (unpaired) electrons. The lowest BCUT2D eigenvalue weighted by atomic mass is 9.80. The number of primary amides is 1.